The molecule has 2 nitrogen and oxygen atoms in total. The van der Waals surface area contributed by atoms with Crippen molar-refractivity contribution >= 4 is 11.6 Å². The summed E-state index contributed by atoms with van der Waals surface area (Å²) < 4.78 is 13.3. The van der Waals surface area contributed by atoms with E-state index in [1.165, 1.54) is 31.7 Å². The average molecular weight is 313 g/mol. The molecule has 1 aliphatic heterocycles. The maximum Gasteiger partial charge on any atom is 0.141 e. The summed E-state index contributed by atoms with van der Waals surface area (Å²) in [5.74, 6) is -0.370. The van der Waals surface area contributed by atoms with Gasteiger partial charge < -0.3 is 5.73 Å². The first kappa shape index (κ1) is 16.7. The van der Waals surface area contributed by atoms with E-state index in [9.17, 15) is 4.39 Å². The Bertz CT molecular complexity index is 464. The first-order valence-corrected chi connectivity index (χ1v) is 8.32. The van der Waals surface area contributed by atoms with Gasteiger partial charge in [0.25, 0.3) is 0 Å². The van der Waals surface area contributed by atoms with E-state index in [4.69, 9.17) is 17.3 Å². The molecule has 0 amide bonds. The van der Waals surface area contributed by atoms with Gasteiger partial charge in [-0.05, 0) is 49.0 Å². The summed E-state index contributed by atoms with van der Waals surface area (Å²) in [7, 11) is 0. The van der Waals surface area contributed by atoms with Crippen molar-refractivity contribution in [1.29, 1.82) is 0 Å². The van der Waals surface area contributed by atoms with Gasteiger partial charge in [-0.3, -0.25) is 4.90 Å². The van der Waals surface area contributed by atoms with Gasteiger partial charge >= 0.3 is 0 Å². The highest BCUT2D eigenvalue weighted by Gasteiger charge is 2.33. The third kappa shape index (κ3) is 3.58. The first-order valence-electron chi connectivity index (χ1n) is 7.94. The molecule has 118 valence electrons. The summed E-state index contributed by atoms with van der Waals surface area (Å²) in [6.45, 7) is 7.23. The predicted molar refractivity (Wildman–Crippen MR) is 87.0 cm³/mol. The number of likely N-dealkylation sites (tertiary alicyclic amines) is 1. The van der Waals surface area contributed by atoms with Crippen molar-refractivity contribution in [2.75, 3.05) is 19.6 Å². The summed E-state index contributed by atoms with van der Waals surface area (Å²) in [6.07, 6.45) is 4.91. The summed E-state index contributed by atoms with van der Waals surface area (Å²) in [5, 5.41) is 0.180. The van der Waals surface area contributed by atoms with E-state index in [-0.39, 0.29) is 16.9 Å². The fourth-order valence-corrected chi connectivity index (χ4v) is 3.67. The predicted octanol–water partition coefficient (Wildman–Crippen LogP) is 4.38. The molecule has 0 bridgehead atoms. The van der Waals surface area contributed by atoms with E-state index in [1.54, 1.807) is 12.1 Å². The number of rotatable bonds is 5. The molecule has 1 atom stereocenters. The number of nitrogens with two attached hydrogens (primary N) is 1. The number of benzene rings is 1. The van der Waals surface area contributed by atoms with Crippen LogP contribution in [0.15, 0.2) is 18.2 Å². The second kappa shape index (κ2) is 7.08. The van der Waals surface area contributed by atoms with E-state index in [2.05, 4.69) is 18.7 Å². The van der Waals surface area contributed by atoms with Crippen LogP contribution >= 0.6 is 11.6 Å². The fourth-order valence-electron chi connectivity index (χ4n) is 3.48. The number of hydrogen-bond donors (Lipinski definition) is 1. The summed E-state index contributed by atoms with van der Waals surface area (Å²) in [6, 6.07) is 5.10. The van der Waals surface area contributed by atoms with Gasteiger partial charge in [0.2, 0.25) is 0 Å². The highest BCUT2D eigenvalue weighted by molar-refractivity contribution is 6.30. The molecular formula is C17H26ClFN2. The molecule has 1 aromatic rings. The highest BCUT2D eigenvalue weighted by Crippen LogP contribution is 2.40. The van der Waals surface area contributed by atoms with Gasteiger partial charge in [-0.2, -0.15) is 0 Å². The van der Waals surface area contributed by atoms with Crippen molar-refractivity contribution in [2.24, 2.45) is 11.1 Å². The van der Waals surface area contributed by atoms with Crippen LogP contribution in [-0.4, -0.2) is 24.5 Å². The highest BCUT2D eigenvalue weighted by atomic mass is 35.5. The molecule has 0 saturated carbocycles. The standard InChI is InChI=1S/C17H26ClFN2/c1-3-17(4-2)7-9-21(10-8-17)16(12-20)13-5-6-15(19)14(18)11-13/h5-6,11,16H,3-4,7-10,12,20H2,1-2H3. The van der Waals surface area contributed by atoms with Gasteiger partial charge in [0.05, 0.1) is 5.02 Å². The Morgan fingerprint density at radius 2 is 1.90 bits per heavy atom. The molecule has 4 heteroatoms. The second-order valence-electron chi connectivity index (χ2n) is 6.17. The zero-order valence-corrected chi connectivity index (χ0v) is 13.8. The lowest BCUT2D eigenvalue weighted by Crippen LogP contribution is -2.43. The molecule has 1 aromatic carbocycles. The van der Waals surface area contributed by atoms with Crippen LogP contribution in [-0.2, 0) is 0 Å². The minimum Gasteiger partial charge on any atom is -0.329 e. The van der Waals surface area contributed by atoms with E-state index < -0.39 is 0 Å². The van der Waals surface area contributed by atoms with Crippen molar-refractivity contribution < 1.29 is 4.39 Å². The third-order valence-electron chi connectivity index (χ3n) is 5.35. The average Bonchev–Trinajstić information content (AvgIpc) is 2.52. The Labute approximate surface area is 132 Å². The summed E-state index contributed by atoms with van der Waals surface area (Å²) in [5.41, 5.74) is 7.49. The Kier molecular flexibility index (Phi) is 5.64. The molecular weight excluding hydrogens is 287 g/mol. The van der Waals surface area contributed by atoms with Gasteiger partial charge in [0, 0.05) is 12.6 Å². The lowest BCUT2D eigenvalue weighted by atomic mass is 9.74. The molecule has 1 fully saturated rings. The van der Waals surface area contributed by atoms with Crippen LogP contribution in [0.3, 0.4) is 0 Å². The van der Waals surface area contributed by atoms with Gasteiger partial charge in [-0.1, -0.05) is 44.4 Å². The third-order valence-corrected chi connectivity index (χ3v) is 5.64. The topological polar surface area (TPSA) is 29.3 Å². The Morgan fingerprint density at radius 3 is 2.38 bits per heavy atom. The van der Waals surface area contributed by atoms with Crippen LogP contribution in [0.1, 0.15) is 51.1 Å². The van der Waals surface area contributed by atoms with Crippen LogP contribution in [0, 0.1) is 11.2 Å². The fraction of sp³-hybridized carbons (Fsp3) is 0.647. The van der Waals surface area contributed by atoms with E-state index in [0.717, 1.165) is 18.7 Å². The molecule has 2 rings (SSSR count). The molecule has 0 aromatic heterocycles. The number of halogens is 2. The zero-order valence-electron chi connectivity index (χ0n) is 13.0. The van der Waals surface area contributed by atoms with Crippen LogP contribution in [0.4, 0.5) is 4.39 Å². The largest absolute Gasteiger partial charge is 0.329 e. The first-order chi connectivity index (χ1) is 10.0. The van der Waals surface area contributed by atoms with Crippen LogP contribution in [0.25, 0.3) is 0 Å². The van der Waals surface area contributed by atoms with Crippen LogP contribution < -0.4 is 5.73 Å². The maximum absolute atomic E-state index is 13.3. The number of hydrogen-bond acceptors (Lipinski definition) is 2. The van der Waals surface area contributed by atoms with Crippen molar-refractivity contribution in [3.05, 3.63) is 34.6 Å². The quantitative estimate of drug-likeness (QED) is 0.874. The van der Waals surface area contributed by atoms with Gasteiger partial charge in [0.15, 0.2) is 0 Å². The Balaban J connectivity index is 2.11. The maximum atomic E-state index is 13.3. The van der Waals surface area contributed by atoms with Crippen LogP contribution in [0.2, 0.25) is 5.02 Å². The normalized spacial score (nSPS) is 20.4. The monoisotopic (exact) mass is 312 g/mol. The van der Waals surface area contributed by atoms with Crippen molar-refractivity contribution in [1.82, 2.24) is 4.90 Å². The minimum atomic E-state index is -0.370. The van der Waals surface area contributed by atoms with Crippen molar-refractivity contribution in [2.45, 2.75) is 45.6 Å². The number of piperidine rings is 1. The van der Waals surface area contributed by atoms with E-state index in [0.29, 0.717) is 12.0 Å². The van der Waals surface area contributed by atoms with Crippen LogP contribution in [0.5, 0.6) is 0 Å². The Hall–Kier alpha value is -0.640. The van der Waals surface area contributed by atoms with Gasteiger partial charge in [-0.15, -0.1) is 0 Å². The second-order valence-corrected chi connectivity index (χ2v) is 6.58. The van der Waals surface area contributed by atoms with Crippen molar-refractivity contribution in [3.63, 3.8) is 0 Å². The van der Waals surface area contributed by atoms with E-state index in [1.807, 2.05) is 0 Å². The molecule has 1 heterocycles. The molecule has 1 saturated heterocycles. The van der Waals surface area contributed by atoms with Gasteiger partial charge in [0.1, 0.15) is 5.82 Å². The summed E-state index contributed by atoms with van der Waals surface area (Å²) in [4.78, 5) is 2.42. The molecule has 0 radical (unpaired) electrons. The minimum absolute atomic E-state index is 0.134. The lowest BCUT2D eigenvalue weighted by Gasteiger charge is -2.44. The zero-order chi connectivity index (χ0) is 15.5. The summed E-state index contributed by atoms with van der Waals surface area (Å²) >= 11 is 5.91. The smallest absolute Gasteiger partial charge is 0.141 e. The SMILES string of the molecule is CCC1(CC)CCN(C(CN)c2ccc(F)c(Cl)c2)CC1. The molecule has 2 N–H and O–H groups in total. The molecule has 1 aliphatic rings. The Morgan fingerprint density at radius 1 is 1.29 bits per heavy atom. The molecule has 21 heavy (non-hydrogen) atoms. The molecule has 1 unspecified atom stereocenters. The molecule has 0 spiro atoms. The van der Waals surface area contributed by atoms with E-state index >= 15 is 0 Å². The van der Waals surface area contributed by atoms with Crippen molar-refractivity contribution in [3.8, 4) is 0 Å². The van der Waals surface area contributed by atoms with Gasteiger partial charge in [-0.25, -0.2) is 4.39 Å². The lowest BCUT2D eigenvalue weighted by molar-refractivity contribution is 0.0679. The number of nitrogens with zero attached hydrogens (tertiary/aromatic N) is 1. The molecule has 0 aliphatic carbocycles.